The van der Waals surface area contributed by atoms with E-state index in [1.807, 2.05) is 30.3 Å². The molecule has 1 aromatic carbocycles. The van der Waals surface area contributed by atoms with E-state index in [9.17, 15) is 4.79 Å². The smallest absolute Gasteiger partial charge is 0.341 e. The van der Waals surface area contributed by atoms with Gasteiger partial charge in [0.15, 0.2) is 5.82 Å². The lowest BCUT2D eigenvalue weighted by molar-refractivity contribution is 0.0524. The van der Waals surface area contributed by atoms with Crippen molar-refractivity contribution < 1.29 is 9.53 Å². The zero-order chi connectivity index (χ0) is 13.9. The van der Waals surface area contributed by atoms with E-state index in [1.54, 1.807) is 13.1 Å². The Hall–Kier alpha value is -2.23. The Kier molecular flexibility index (Phi) is 3.46. The van der Waals surface area contributed by atoms with Gasteiger partial charge in [-0.1, -0.05) is 30.3 Å². The van der Waals surface area contributed by atoms with Crippen LogP contribution in [-0.2, 0) is 4.74 Å². The third kappa shape index (κ3) is 2.54. The van der Waals surface area contributed by atoms with Gasteiger partial charge in [0.1, 0.15) is 0 Å². The number of carbonyl (C=O) groups is 1. The van der Waals surface area contributed by atoms with Crippen LogP contribution < -0.4 is 0 Å². The summed E-state index contributed by atoms with van der Waals surface area (Å²) >= 11 is 0. The van der Waals surface area contributed by atoms with E-state index in [0.29, 0.717) is 23.9 Å². The van der Waals surface area contributed by atoms with E-state index >= 15 is 0 Å². The molecule has 3 rings (SSSR count). The van der Waals surface area contributed by atoms with Crippen molar-refractivity contribution >= 4 is 5.97 Å². The molecule has 0 unspecified atom stereocenters. The van der Waals surface area contributed by atoms with Crippen molar-refractivity contribution in [3.05, 3.63) is 47.8 Å². The maximum atomic E-state index is 11.9. The van der Waals surface area contributed by atoms with E-state index in [4.69, 9.17) is 4.74 Å². The number of rotatable bonds is 4. The number of benzene rings is 1. The summed E-state index contributed by atoms with van der Waals surface area (Å²) in [5.41, 5.74) is 2.30. The molecule has 20 heavy (non-hydrogen) atoms. The Morgan fingerprint density at radius 3 is 2.70 bits per heavy atom. The lowest BCUT2D eigenvalue weighted by Crippen LogP contribution is -2.10. The molecule has 0 amide bonds. The zero-order valence-electron chi connectivity index (χ0n) is 11.4. The van der Waals surface area contributed by atoms with Crippen molar-refractivity contribution in [3.63, 3.8) is 0 Å². The molecule has 0 aliphatic heterocycles. The molecule has 1 aliphatic carbocycles. The molecule has 4 nitrogen and oxygen atoms in total. The quantitative estimate of drug-likeness (QED) is 0.799. The molecular weight excluding hydrogens is 252 g/mol. The number of hydrogen-bond donors (Lipinski definition) is 0. The molecule has 4 heteroatoms. The lowest BCUT2D eigenvalue weighted by atomic mass is 10.1. The monoisotopic (exact) mass is 268 g/mol. The number of ether oxygens (including phenoxy) is 1. The van der Waals surface area contributed by atoms with Crippen molar-refractivity contribution in [2.45, 2.75) is 25.7 Å². The first-order valence-corrected chi connectivity index (χ1v) is 6.89. The molecule has 102 valence electrons. The van der Waals surface area contributed by atoms with Crippen LogP contribution in [0.1, 0.15) is 41.7 Å². The van der Waals surface area contributed by atoms with Gasteiger partial charge in [-0.3, -0.25) is 0 Å². The second kappa shape index (κ2) is 5.41. The normalized spacial score (nSPS) is 14.1. The summed E-state index contributed by atoms with van der Waals surface area (Å²) < 4.78 is 5.07. The fraction of sp³-hybridized carbons (Fsp3) is 0.312. The number of nitrogens with zero attached hydrogens (tertiary/aromatic N) is 2. The van der Waals surface area contributed by atoms with Crippen molar-refractivity contribution in [2.24, 2.45) is 0 Å². The Morgan fingerprint density at radius 2 is 2.05 bits per heavy atom. The molecule has 1 fully saturated rings. The second-order valence-corrected chi connectivity index (χ2v) is 4.85. The first-order valence-electron chi connectivity index (χ1n) is 6.89. The molecule has 0 N–H and O–H groups in total. The van der Waals surface area contributed by atoms with Gasteiger partial charge in [0, 0.05) is 17.7 Å². The van der Waals surface area contributed by atoms with Gasteiger partial charge in [0.2, 0.25) is 0 Å². The van der Waals surface area contributed by atoms with E-state index < -0.39 is 0 Å². The number of aromatic nitrogens is 2. The van der Waals surface area contributed by atoms with Crippen LogP contribution in [0.4, 0.5) is 0 Å². The fourth-order valence-electron chi connectivity index (χ4n) is 2.16. The summed E-state index contributed by atoms with van der Waals surface area (Å²) in [5, 5.41) is 0. The Balaban J connectivity index is 2.00. The Labute approximate surface area is 117 Å². The molecule has 1 aliphatic rings. The van der Waals surface area contributed by atoms with Gasteiger partial charge in [-0.15, -0.1) is 0 Å². The van der Waals surface area contributed by atoms with Crippen LogP contribution in [0.25, 0.3) is 11.4 Å². The molecule has 0 saturated heterocycles. The Bertz CT molecular complexity index is 622. The first-order chi connectivity index (χ1) is 9.79. The Morgan fingerprint density at radius 1 is 1.30 bits per heavy atom. The summed E-state index contributed by atoms with van der Waals surface area (Å²) in [7, 11) is 0. The van der Waals surface area contributed by atoms with Crippen molar-refractivity contribution in [1.82, 2.24) is 9.97 Å². The minimum atomic E-state index is -0.325. The summed E-state index contributed by atoms with van der Waals surface area (Å²) in [4.78, 5) is 20.9. The largest absolute Gasteiger partial charge is 0.462 e. The second-order valence-electron chi connectivity index (χ2n) is 4.85. The molecular formula is C16H16N2O2. The van der Waals surface area contributed by atoms with E-state index in [1.165, 1.54) is 0 Å². The molecule has 0 spiro atoms. The highest BCUT2D eigenvalue weighted by atomic mass is 16.5. The van der Waals surface area contributed by atoms with Crippen LogP contribution in [0.2, 0.25) is 0 Å². The minimum Gasteiger partial charge on any atom is -0.462 e. The van der Waals surface area contributed by atoms with E-state index in [2.05, 4.69) is 9.97 Å². The first kappa shape index (κ1) is 12.8. The van der Waals surface area contributed by atoms with Crippen LogP contribution in [-0.4, -0.2) is 22.5 Å². The van der Waals surface area contributed by atoms with Crippen LogP contribution in [0, 0.1) is 0 Å². The SMILES string of the molecule is CCOC(=O)c1cnc(-c2ccccc2)nc1C1CC1. The summed E-state index contributed by atoms with van der Waals surface area (Å²) in [6.45, 7) is 2.16. The summed E-state index contributed by atoms with van der Waals surface area (Å²) in [6.07, 6.45) is 3.76. The molecule has 0 radical (unpaired) electrons. The van der Waals surface area contributed by atoms with Gasteiger partial charge in [-0.2, -0.15) is 0 Å². The molecule has 2 aromatic rings. The number of esters is 1. The molecule has 1 aromatic heterocycles. The highest BCUT2D eigenvalue weighted by Crippen LogP contribution is 2.41. The zero-order valence-corrected chi connectivity index (χ0v) is 11.4. The van der Waals surface area contributed by atoms with E-state index in [0.717, 1.165) is 24.1 Å². The highest BCUT2D eigenvalue weighted by Gasteiger charge is 2.31. The van der Waals surface area contributed by atoms with Gasteiger partial charge in [0.25, 0.3) is 0 Å². The van der Waals surface area contributed by atoms with Crippen LogP contribution in [0.15, 0.2) is 36.5 Å². The summed E-state index contributed by atoms with van der Waals surface area (Å²) in [6, 6.07) is 9.80. The predicted octanol–water partition coefficient (Wildman–Crippen LogP) is 3.20. The predicted molar refractivity (Wildman–Crippen MR) is 75.4 cm³/mol. The van der Waals surface area contributed by atoms with Gasteiger partial charge in [0.05, 0.1) is 17.9 Å². The van der Waals surface area contributed by atoms with E-state index in [-0.39, 0.29) is 5.97 Å². The summed E-state index contributed by atoms with van der Waals surface area (Å²) in [5.74, 6) is 0.717. The minimum absolute atomic E-state index is 0.325. The van der Waals surface area contributed by atoms with Gasteiger partial charge < -0.3 is 4.74 Å². The van der Waals surface area contributed by atoms with Crippen molar-refractivity contribution in [1.29, 1.82) is 0 Å². The maximum Gasteiger partial charge on any atom is 0.341 e. The molecule has 1 saturated carbocycles. The third-order valence-corrected chi connectivity index (χ3v) is 3.31. The average Bonchev–Trinajstić information content (AvgIpc) is 3.32. The van der Waals surface area contributed by atoms with Crippen LogP contribution in [0.3, 0.4) is 0 Å². The van der Waals surface area contributed by atoms with Crippen molar-refractivity contribution in [3.8, 4) is 11.4 Å². The standard InChI is InChI=1S/C16H16N2O2/c1-2-20-16(19)13-10-17-15(12-6-4-3-5-7-12)18-14(13)11-8-9-11/h3-7,10-11H,2,8-9H2,1H3. The number of carbonyl (C=O) groups excluding carboxylic acids is 1. The van der Waals surface area contributed by atoms with Gasteiger partial charge in [-0.25, -0.2) is 14.8 Å². The third-order valence-electron chi connectivity index (χ3n) is 3.31. The number of hydrogen-bond acceptors (Lipinski definition) is 4. The average molecular weight is 268 g/mol. The van der Waals surface area contributed by atoms with Crippen LogP contribution >= 0.6 is 0 Å². The molecule has 0 atom stereocenters. The van der Waals surface area contributed by atoms with Gasteiger partial charge >= 0.3 is 5.97 Å². The topological polar surface area (TPSA) is 52.1 Å². The fourth-order valence-corrected chi connectivity index (χ4v) is 2.16. The lowest BCUT2D eigenvalue weighted by Gasteiger charge is -2.09. The maximum absolute atomic E-state index is 11.9. The highest BCUT2D eigenvalue weighted by molar-refractivity contribution is 5.90. The molecule has 0 bridgehead atoms. The van der Waals surface area contributed by atoms with Gasteiger partial charge in [-0.05, 0) is 19.8 Å². The molecule has 1 heterocycles. The van der Waals surface area contributed by atoms with Crippen molar-refractivity contribution in [2.75, 3.05) is 6.61 Å². The van der Waals surface area contributed by atoms with Crippen LogP contribution in [0.5, 0.6) is 0 Å².